The molecule has 1 aliphatic rings. The molecule has 2 aromatic carbocycles. The molecule has 2 amide bonds. The van der Waals surface area contributed by atoms with Crippen molar-refractivity contribution in [2.45, 2.75) is 12.8 Å². The van der Waals surface area contributed by atoms with Crippen LogP contribution >= 0.6 is 0 Å². The average molecular weight is 384 g/mol. The lowest BCUT2D eigenvalue weighted by molar-refractivity contribution is -0.384. The van der Waals surface area contributed by atoms with Crippen molar-refractivity contribution >= 4 is 23.2 Å². The van der Waals surface area contributed by atoms with Gasteiger partial charge in [-0.25, -0.2) is 0 Å². The van der Waals surface area contributed by atoms with Gasteiger partial charge in [0.2, 0.25) is 0 Å². The Kier molecular flexibility index (Phi) is 5.73. The summed E-state index contributed by atoms with van der Waals surface area (Å²) in [5.41, 5.74) is 6.55. The molecule has 2 N–H and O–H groups in total. The van der Waals surface area contributed by atoms with Crippen LogP contribution in [-0.2, 0) is 11.2 Å². The lowest BCUT2D eigenvalue weighted by Gasteiger charge is -2.30. The van der Waals surface area contributed by atoms with E-state index in [0.29, 0.717) is 0 Å². The number of carbonyl (C=O) groups excluding carboxylic acids is 2. The first kappa shape index (κ1) is 19.2. The topological polar surface area (TPSA) is 114 Å². The third kappa shape index (κ3) is 4.20. The smallest absolute Gasteiger partial charge is 0.273 e. The van der Waals surface area contributed by atoms with Crippen LogP contribution < -0.4 is 20.5 Å². The number of aryl methyl sites for hydroxylation is 1. The maximum absolute atomic E-state index is 12.4. The monoisotopic (exact) mass is 384 g/mol. The van der Waals surface area contributed by atoms with E-state index in [4.69, 9.17) is 4.74 Å². The second kappa shape index (κ2) is 8.38. The number of ether oxygens (including phenoxy) is 1. The highest BCUT2D eigenvalue weighted by Crippen LogP contribution is 2.26. The van der Waals surface area contributed by atoms with E-state index in [2.05, 4.69) is 10.9 Å². The van der Waals surface area contributed by atoms with Crippen LogP contribution in [0.5, 0.6) is 5.75 Å². The maximum Gasteiger partial charge on any atom is 0.273 e. The number of amides is 2. The molecule has 0 atom stereocenters. The van der Waals surface area contributed by atoms with Crippen LogP contribution in [0.15, 0.2) is 42.5 Å². The molecule has 0 aromatic heterocycles. The van der Waals surface area contributed by atoms with Crippen molar-refractivity contribution in [2.75, 3.05) is 25.1 Å². The summed E-state index contributed by atoms with van der Waals surface area (Å²) >= 11 is 0. The number of hydrazine groups is 1. The van der Waals surface area contributed by atoms with Crippen LogP contribution in [0, 0.1) is 10.1 Å². The second-order valence-electron chi connectivity index (χ2n) is 6.30. The Morgan fingerprint density at radius 3 is 2.75 bits per heavy atom. The first-order valence-electron chi connectivity index (χ1n) is 8.74. The standard InChI is InChI=1S/C19H20N4O5/c1-28-17-9-8-14(23(26)27)11-15(17)19(25)21-20-18(24)12-22-10-4-6-13-5-2-3-7-16(13)22/h2-3,5,7-9,11H,4,6,10,12H2,1H3,(H,20,24)(H,21,25). The number of non-ortho nitro benzene ring substituents is 1. The van der Waals surface area contributed by atoms with E-state index < -0.39 is 16.7 Å². The summed E-state index contributed by atoms with van der Waals surface area (Å²) in [5, 5.41) is 10.9. The maximum atomic E-state index is 12.4. The minimum atomic E-state index is -0.701. The number of hydrogen-bond donors (Lipinski definition) is 2. The number of nitro benzene ring substituents is 1. The molecule has 2 aromatic rings. The van der Waals surface area contributed by atoms with Gasteiger partial charge < -0.3 is 9.64 Å². The highest BCUT2D eigenvalue weighted by Gasteiger charge is 2.20. The molecule has 1 aliphatic heterocycles. The number of nitrogens with zero attached hydrogens (tertiary/aromatic N) is 2. The molecule has 0 bridgehead atoms. The molecule has 1 heterocycles. The number of nitrogens with one attached hydrogen (secondary N) is 2. The molecular formula is C19H20N4O5. The summed E-state index contributed by atoms with van der Waals surface area (Å²) in [6.07, 6.45) is 1.92. The molecule has 28 heavy (non-hydrogen) atoms. The molecule has 9 nitrogen and oxygen atoms in total. The number of fused-ring (bicyclic) bond motifs is 1. The van der Waals surface area contributed by atoms with Crippen LogP contribution in [0.1, 0.15) is 22.3 Å². The fourth-order valence-corrected chi connectivity index (χ4v) is 3.17. The van der Waals surface area contributed by atoms with E-state index >= 15 is 0 Å². The van der Waals surface area contributed by atoms with Crippen molar-refractivity contribution in [3.05, 3.63) is 63.7 Å². The first-order valence-corrected chi connectivity index (χ1v) is 8.74. The lowest BCUT2D eigenvalue weighted by atomic mass is 10.0. The van der Waals surface area contributed by atoms with E-state index in [-0.39, 0.29) is 23.5 Å². The zero-order valence-electron chi connectivity index (χ0n) is 15.3. The number of para-hydroxylation sites is 1. The third-order valence-corrected chi connectivity index (χ3v) is 4.49. The third-order valence-electron chi connectivity index (χ3n) is 4.49. The van der Waals surface area contributed by atoms with E-state index in [1.54, 1.807) is 0 Å². The number of anilines is 1. The number of rotatable bonds is 5. The van der Waals surface area contributed by atoms with Gasteiger partial charge in [0.05, 0.1) is 24.1 Å². The van der Waals surface area contributed by atoms with Crippen molar-refractivity contribution in [3.63, 3.8) is 0 Å². The number of methoxy groups -OCH3 is 1. The molecule has 0 unspecified atom stereocenters. The Balaban J connectivity index is 1.63. The number of hydrogen-bond acceptors (Lipinski definition) is 6. The van der Waals surface area contributed by atoms with E-state index in [1.807, 2.05) is 29.2 Å². The van der Waals surface area contributed by atoms with Crippen LogP contribution in [-0.4, -0.2) is 36.9 Å². The molecule has 9 heteroatoms. The van der Waals surface area contributed by atoms with Gasteiger partial charge in [0.25, 0.3) is 17.5 Å². The Morgan fingerprint density at radius 1 is 1.21 bits per heavy atom. The molecule has 0 saturated heterocycles. The summed E-state index contributed by atoms with van der Waals surface area (Å²) < 4.78 is 5.06. The fraction of sp³-hybridized carbons (Fsp3) is 0.263. The molecule has 3 rings (SSSR count). The van der Waals surface area contributed by atoms with Crippen molar-refractivity contribution in [3.8, 4) is 5.75 Å². The van der Waals surface area contributed by atoms with Gasteiger partial charge in [-0.15, -0.1) is 0 Å². The van der Waals surface area contributed by atoms with Gasteiger partial charge in [0.1, 0.15) is 5.75 Å². The van der Waals surface area contributed by atoms with E-state index in [0.717, 1.165) is 31.1 Å². The lowest BCUT2D eigenvalue weighted by Crippen LogP contribution is -2.47. The van der Waals surface area contributed by atoms with Crippen LogP contribution in [0.2, 0.25) is 0 Å². The Morgan fingerprint density at radius 2 is 2.00 bits per heavy atom. The molecule has 0 fully saturated rings. The highest BCUT2D eigenvalue weighted by atomic mass is 16.6. The van der Waals surface area contributed by atoms with Crippen molar-refractivity contribution in [1.29, 1.82) is 0 Å². The normalized spacial score (nSPS) is 12.7. The van der Waals surface area contributed by atoms with Crippen molar-refractivity contribution in [2.24, 2.45) is 0 Å². The summed E-state index contributed by atoms with van der Waals surface area (Å²) in [6.45, 7) is 0.834. The Labute approximate surface area is 161 Å². The quantitative estimate of drug-likeness (QED) is 0.600. The van der Waals surface area contributed by atoms with Crippen LogP contribution in [0.4, 0.5) is 11.4 Å². The predicted molar refractivity (Wildman–Crippen MR) is 102 cm³/mol. The Bertz CT molecular complexity index is 915. The molecule has 0 spiro atoms. The predicted octanol–water partition coefficient (Wildman–Crippen LogP) is 1.82. The molecule has 0 aliphatic carbocycles. The van der Waals surface area contributed by atoms with Gasteiger partial charge in [0.15, 0.2) is 0 Å². The molecular weight excluding hydrogens is 364 g/mol. The molecule has 0 radical (unpaired) electrons. The molecule has 146 valence electrons. The van der Waals surface area contributed by atoms with Crippen molar-refractivity contribution in [1.82, 2.24) is 10.9 Å². The summed E-state index contributed by atoms with van der Waals surface area (Å²) in [6, 6.07) is 11.6. The van der Waals surface area contributed by atoms with E-state index in [9.17, 15) is 19.7 Å². The van der Waals surface area contributed by atoms with Gasteiger partial charge in [-0.3, -0.25) is 30.6 Å². The SMILES string of the molecule is COc1ccc([N+](=O)[O-])cc1C(=O)NNC(=O)CN1CCCc2ccccc21. The number of benzene rings is 2. The van der Waals surface area contributed by atoms with Crippen LogP contribution in [0.3, 0.4) is 0 Å². The summed E-state index contributed by atoms with van der Waals surface area (Å²) in [4.78, 5) is 36.9. The number of carbonyl (C=O) groups is 2. The highest BCUT2D eigenvalue weighted by molar-refractivity contribution is 5.98. The Hall–Kier alpha value is -3.62. The zero-order chi connectivity index (χ0) is 20.1. The van der Waals surface area contributed by atoms with Gasteiger partial charge >= 0.3 is 0 Å². The minimum Gasteiger partial charge on any atom is -0.496 e. The van der Waals surface area contributed by atoms with Gasteiger partial charge in [0, 0.05) is 24.4 Å². The fourth-order valence-electron chi connectivity index (χ4n) is 3.17. The average Bonchev–Trinajstić information content (AvgIpc) is 2.71. The van der Waals surface area contributed by atoms with Crippen molar-refractivity contribution < 1.29 is 19.2 Å². The molecule has 0 saturated carbocycles. The zero-order valence-corrected chi connectivity index (χ0v) is 15.3. The van der Waals surface area contributed by atoms with E-state index in [1.165, 1.54) is 24.8 Å². The largest absolute Gasteiger partial charge is 0.496 e. The minimum absolute atomic E-state index is 0.0414. The summed E-state index contributed by atoms with van der Waals surface area (Å²) in [7, 11) is 1.35. The van der Waals surface area contributed by atoms with Gasteiger partial charge in [-0.05, 0) is 30.5 Å². The van der Waals surface area contributed by atoms with Gasteiger partial charge in [-0.2, -0.15) is 0 Å². The van der Waals surface area contributed by atoms with Crippen LogP contribution in [0.25, 0.3) is 0 Å². The summed E-state index contributed by atoms with van der Waals surface area (Å²) in [5.74, 6) is -0.926. The second-order valence-corrected chi connectivity index (χ2v) is 6.30. The number of nitro groups is 1. The van der Waals surface area contributed by atoms with Gasteiger partial charge in [-0.1, -0.05) is 18.2 Å². The first-order chi connectivity index (χ1) is 13.5.